The van der Waals surface area contributed by atoms with Crippen molar-refractivity contribution in [1.82, 2.24) is 9.97 Å². The highest BCUT2D eigenvalue weighted by Gasteiger charge is 2.21. The maximum atomic E-state index is 14.9. The number of anilines is 3. The predicted octanol–water partition coefficient (Wildman–Crippen LogP) is 3.25. The minimum absolute atomic E-state index is 0.0379. The van der Waals surface area contributed by atoms with Crippen molar-refractivity contribution in [3.05, 3.63) is 42.1 Å². The number of carbonyl (C=O) groups excluding carboxylic acids is 1. The van der Waals surface area contributed by atoms with Crippen LogP contribution >= 0.6 is 0 Å². The van der Waals surface area contributed by atoms with E-state index >= 15 is 0 Å². The number of hydrogen-bond acceptors (Lipinski definition) is 7. The quantitative estimate of drug-likeness (QED) is 0.579. The molecule has 4 rings (SSSR count). The van der Waals surface area contributed by atoms with Crippen LogP contribution in [0.5, 0.6) is 0 Å². The molecule has 5 N–H and O–H groups in total. The first kappa shape index (κ1) is 18.9. The molecule has 0 aliphatic carbocycles. The first-order valence-electron chi connectivity index (χ1n) is 9.07. The van der Waals surface area contributed by atoms with Gasteiger partial charge >= 0.3 is 6.09 Å². The van der Waals surface area contributed by atoms with Crippen LogP contribution in [0.25, 0.3) is 21.9 Å². The number of halogens is 1. The third kappa shape index (κ3) is 3.64. The van der Waals surface area contributed by atoms with Crippen LogP contribution in [0.2, 0.25) is 0 Å². The molecular weight excluding hydrogens is 377 g/mol. The smallest absolute Gasteiger partial charge is 0.413 e. The van der Waals surface area contributed by atoms with Crippen LogP contribution in [0.1, 0.15) is 12.0 Å². The maximum Gasteiger partial charge on any atom is 0.413 e. The molecular formula is C20H20FN5O3. The summed E-state index contributed by atoms with van der Waals surface area (Å²) in [6.07, 6.45) is 4.22. The summed E-state index contributed by atoms with van der Waals surface area (Å²) in [5.41, 5.74) is 13.9. The summed E-state index contributed by atoms with van der Waals surface area (Å²) in [5.74, 6) is -0.308. The lowest BCUT2D eigenvalue weighted by atomic mass is 9.97. The highest BCUT2D eigenvalue weighted by Crippen LogP contribution is 2.36. The van der Waals surface area contributed by atoms with E-state index in [4.69, 9.17) is 20.9 Å². The zero-order valence-electron chi connectivity index (χ0n) is 15.7. The van der Waals surface area contributed by atoms with Gasteiger partial charge in [0.2, 0.25) is 0 Å². The molecule has 1 fully saturated rings. The van der Waals surface area contributed by atoms with E-state index in [1.54, 1.807) is 19.1 Å². The Labute approximate surface area is 166 Å². The van der Waals surface area contributed by atoms with E-state index in [0.29, 0.717) is 47.2 Å². The van der Waals surface area contributed by atoms with Crippen LogP contribution < -0.4 is 16.8 Å². The second-order valence-electron chi connectivity index (χ2n) is 6.86. The molecule has 1 unspecified atom stereocenters. The van der Waals surface area contributed by atoms with E-state index in [2.05, 4.69) is 15.3 Å². The Hall–Kier alpha value is -3.46. The number of aromatic nitrogens is 2. The monoisotopic (exact) mass is 397 g/mol. The lowest BCUT2D eigenvalue weighted by Crippen LogP contribution is -2.22. The first-order valence-corrected chi connectivity index (χ1v) is 9.07. The van der Waals surface area contributed by atoms with Gasteiger partial charge in [-0.05, 0) is 30.0 Å². The fraction of sp³-hybridized carbons (Fsp3) is 0.250. The predicted molar refractivity (Wildman–Crippen MR) is 108 cm³/mol. The van der Waals surface area contributed by atoms with Crippen molar-refractivity contribution in [2.75, 3.05) is 30.0 Å². The molecule has 0 radical (unpaired) electrons. The van der Waals surface area contributed by atoms with Gasteiger partial charge in [-0.25, -0.2) is 14.2 Å². The normalized spacial score (nSPS) is 16.1. The lowest BCUT2D eigenvalue weighted by Gasteiger charge is -2.14. The number of amides is 1. The molecule has 1 aliphatic rings. The molecule has 0 spiro atoms. The molecule has 1 atom stereocenters. The summed E-state index contributed by atoms with van der Waals surface area (Å²) in [4.78, 5) is 20.2. The number of rotatable bonds is 3. The van der Waals surface area contributed by atoms with Gasteiger partial charge in [-0.2, -0.15) is 0 Å². The van der Waals surface area contributed by atoms with E-state index in [1.165, 1.54) is 18.6 Å². The number of nitrogens with zero attached hydrogens (tertiary/aromatic N) is 2. The summed E-state index contributed by atoms with van der Waals surface area (Å²) in [6.45, 7) is 2.73. The molecule has 9 heteroatoms. The van der Waals surface area contributed by atoms with Crippen molar-refractivity contribution in [2.24, 2.45) is 0 Å². The van der Waals surface area contributed by atoms with Crippen molar-refractivity contribution in [3.63, 3.8) is 0 Å². The van der Waals surface area contributed by atoms with E-state index in [1.807, 2.05) is 0 Å². The average molecular weight is 397 g/mol. The zero-order chi connectivity index (χ0) is 20.5. The first-order chi connectivity index (χ1) is 13.9. The third-order valence-corrected chi connectivity index (χ3v) is 4.94. The molecule has 2 aromatic heterocycles. The van der Waals surface area contributed by atoms with Crippen molar-refractivity contribution in [3.8, 4) is 11.1 Å². The van der Waals surface area contributed by atoms with Gasteiger partial charge in [-0.3, -0.25) is 10.3 Å². The Morgan fingerprint density at radius 2 is 2.10 bits per heavy atom. The molecule has 0 bridgehead atoms. The number of nitrogens with one attached hydrogen (secondary N) is 1. The number of ether oxygens (including phenoxy) is 2. The van der Waals surface area contributed by atoms with E-state index in [9.17, 15) is 9.18 Å². The Balaban J connectivity index is 1.69. The van der Waals surface area contributed by atoms with Gasteiger partial charge in [0.05, 0.1) is 30.8 Å². The van der Waals surface area contributed by atoms with Crippen LogP contribution in [0.15, 0.2) is 30.7 Å². The van der Waals surface area contributed by atoms with Gasteiger partial charge in [-0.15, -0.1) is 0 Å². The average Bonchev–Trinajstić information content (AvgIpc) is 3.20. The van der Waals surface area contributed by atoms with Gasteiger partial charge in [0, 0.05) is 35.3 Å². The second kappa shape index (κ2) is 7.51. The van der Waals surface area contributed by atoms with Crippen LogP contribution in [0, 0.1) is 12.7 Å². The number of fused-ring (bicyclic) bond motifs is 1. The van der Waals surface area contributed by atoms with Gasteiger partial charge < -0.3 is 20.9 Å². The Morgan fingerprint density at radius 3 is 2.86 bits per heavy atom. The van der Waals surface area contributed by atoms with Gasteiger partial charge in [0.15, 0.2) is 5.82 Å². The summed E-state index contributed by atoms with van der Waals surface area (Å²) in [5, 5.41) is 3.62. The van der Waals surface area contributed by atoms with E-state index < -0.39 is 11.9 Å². The Morgan fingerprint density at radius 1 is 1.28 bits per heavy atom. The van der Waals surface area contributed by atoms with Crippen molar-refractivity contribution in [2.45, 2.75) is 19.4 Å². The molecule has 1 aromatic carbocycles. The van der Waals surface area contributed by atoms with Gasteiger partial charge in [0.25, 0.3) is 0 Å². The largest absolute Gasteiger partial charge is 0.443 e. The topological polar surface area (TPSA) is 125 Å². The maximum absolute atomic E-state index is 14.9. The number of carbonyl (C=O) groups is 1. The number of nitrogen functional groups attached to an aromatic ring is 2. The molecule has 29 heavy (non-hydrogen) atoms. The van der Waals surface area contributed by atoms with Gasteiger partial charge in [0.1, 0.15) is 11.9 Å². The molecule has 1 aliphatic heterocycles. The summed E-state index contributed by atoms with van der Waals surface area (Å²) in [7, 11) is 0. The molecule has 1 saturated heterocycles. The molecule has 150 valence electrons. The number of pyridine rings is 2. The van der Waals surface area contributed by atoms with Crippen molar-refractivity contribution in [1.29, 1.82) is 0 Å². The van der Waals surface area contributed by atoms with Crippen LogP contribution in [0.4, 0.5) is 26.4 Å². The molecule has 1 amide bonds. The molecule has 8 nitrogen and oxygen atoms in total. The summed E-state index contributed by atoms with van der Waals surface area (Å²) in [6, 6.07) is 3.24. The summed E-state index contributed by atoms with van der Waals surface area (Å²) >= 11 is 0. The van der Waals surface area contributed by atoms with Crippen molar-refractivity contribution < 1.29 is 18.7 Å². The zero-order valence-corrected chi connectivity index (χ0v) is 15.7. The molecule has 3 heterocycles. The minimum atomic E-state index is -0.626. The number of nitrogens with two attached hydrogens (primary N) is 2. The van der Waals surface area contributed by atoms with Crippen LogP contribution in [0.3, 0.4) is 0 Å². The van der Waals surface area contributed by atoms with Crippen LogP contribution in [-0.2, 0) is 9.47 Å². The van der Waals surface area contributed by atoms with Crippen LogP contribution in [-0.4, -0.2) is 35.4 Å². The summed E-state index contributed by atoms with van der Waals surface area (Å²) < 4.78 is 25.4. The highest BCUT2D eigenvalue weighted by atomic mass is 19.1. The molecule has 3 aromatic rings. The van der Waals surface area contributed by atoms with Gasteiger partial charge in [-0.1, -0.05) is 0 Å². The number of hydrogen-bond donors (Lipinski definition) is 3. The fourth-order valence-corrected chi connectivity index (χ4v) is 3.27. The van der Waals surface area contributed by atoms with E-state index in [0.717, 1.165) is 0 Å². The highest BCUT2D eigenvalue weighted by molar-refractivity contribution is 5.99. The lowest BCUT2D eigenvalue weighted by molar-refractivity contribution is 0.0931. The number of benzene rings is 1. The Bertz CT molecular complexity index is 1100. The third-order valence-electron chi connectivity index (χ3n) is 4.94. The standard InChI is InChI=1S/C20H20FN5O3/c1-10-14(6-24-8-16(10)22)13-4-11-5-17(25-7-15(11)19(23)18(13)21)26-20(27)29-12-2-3-28-9-12/h4-8,12H,2-3,9,22-23H2,1H3,(H,25,26,27). The minimum Gasteiger partial charge on any atom is -0.443 e. The SMILES string of the molecule is Cc1c(N)cncc1-c1cc2cc(NC(=O)OC3CCOC3)ncc2c(N)c1F. The van der Waals surface area contributed by atoms with E-state index in [-0.39, 0.29) is 23.2 Å². The molecule has 0 saturated carbocycles. The fourth-order valence-electron chi connectivity index (χ4n) is 3.27. The Kier molecular flexibility index (Phi) is 4.89. The van der Waals surface area contributed by atoms with Crippen molar-refractivity contribution >= 4 is 34.1 Å². The second-order valence-corrected chi connectivity index (χ2v) is 6.86.